The molecule has 0 saturated heterocycles. The molecule has 0 heterocycles. The van der Waals surface area contributed by atoms with Crippen molar-refractivity contribution in [1.82, 2.24) is 0 Å². The van der Waals surface area contributed by atoms with E-state index >= 15 is 0 Å². The molecule has 90 valence electrons. The number of benzene rings is 1. The largest absolute Gasteiger partial charge is 0.323 e. The van der Waals surface area contributed by atoms with Gasteiger partial charge in [-0.2, -0.15) is 0 Å². The summed E-state index contributed by atoms with van der Waals surface area (Å²) in [6, 6.07) is 5.67. The maximum atomic E-state index is 11.5. The Kier molecular flexibility index (Phi) is 5.46. The first-order valence-electron chi connectivity index (χ1n) is 4.67. The summed E-state index contributed by atoms with van der Waals surface area (Å²) >= 11 is 3.40. The highest BCUT2D eigenvalue weighted by molar-refractivity contribution is 9.10. The Morgan fingerprint density at radius 3 is 2.38 bits per heavy atom. The number of hydrogen-bond acceptors (Lipinski definition) is 3. The number of nitrogens with one attached hydrogen (secondary N) is 1. The molecular weight excluding hydrogens is 291 g/mol. The smallest absolute Gasteiger partial charge is 0.139 e. The summed E-state index contributed by atoms with van der Waals surface area (Å²) < 4.78 is 0.858. The molecule has 0 amide bonds. The second kappa shape index (κ2) is 5.66. The van der Waals surface area contributed by atoms with Crippen molar-refractivity contribution in [3.05, 3.63) is 28.2 Å². The first-order chi connectivity index (χ1) is 6.89. The predicted molar refractivity (Wildman–Crippen MR) is 72.9 cm³/mol. The van der Waals surface area contributed by atoms with Crippen molar-refractivity contribution < 1.29 is 4.79 Å². The van der Waals surface area contributed by atoms with Crippen molar-refractivity contribution in [2.75, 3.05) is 5.43 Å². The van der Waals surface area contributed by atoms with E-state index in [9.17, 15) is 4.79 Å². The van der Waals surface area contributed by atoms with Gasteiger partial charge in [0, 0.05) is 9.89 Å². The monoisotopic (exact) mass is 306 g/mol. The number of carbonyl (C=O) groups excluding carboxylic acids is 1. The normalized spacial score (nSPS) is 10.6. The molecule has 1 aromatic carbocycles. The third-order valence-corrected chi connectivity index (χ3v) is 3.38. The summed E-state index contributed by atoms with van der Waals surface area (Å²) in [7, 11) is 0. The van der Waals surface area contributed by atoms with Crippen LogP contribution in [0.2, 0.25) is 0 Å². The first kappa shape index (κ1) is 15.4. The Morgan fingerprint density at radius 1 is 1.44 bits per heavy atom. The fraction of sp³-hybridized carbons (Fsp3) is 0.364. The van der Waals surface area contributed by atoms with Gasteiger partial charge >= 0.3 is 0 Å². The lowest BCUT2D eigenvalue weighted by atomic mass is 9.81. The Balaban J connectivity index is 0.00000225. The van der Waals surface area contributed by atoms with Gasteiger partial charge in [0.2, 0.25) is 0 Å². The van der Waals surface area contributed by atoms with Crippen LogP contribution in [0.1, 0.15) is 26.3 Å². The summed E-state index contributed by atoms with van der Waals surface area (Å²) in [5.74, 6) is 5.46. The highest BCUT2D eigenvalue weighted by Crippen LogP contribution is 2.30. The standard InChI is InChI=1S/C11H15BrN2O.ClH/c1-7(15)11(2,3)8-4-5-10(14-13)9(12)6-8;/h4-6,14H,13H2,1-3H3;1H. The van der Waals surface area contributed by atoms with Gasteiger partial charge in [0.1, 0.15) is 5.78 Å². The molecule has 1 aromatic rings. The van der Waals surface area contributed by atoms with E-state index in [0.29, 0.717) is 0 Å². The van der Waals surface area contributed by atoms with E-state index in [0.717, 1.165) is 15.7 Å². The lowest BCUT2D eigenvalue weighted by molar-refractivity contribution is -0.121. The SMILES string of the molecule is CC(=O)C(C)(C)c1ccc(NN)c(Br)c1.Cl. The van der Waals surface area contributed by atoms with Gasteiger partial charge in [-0.05, 0) is 54.4 Å². The van der Waals surface area contributed by atoms with Crippen LogP contribution < -0.4 is 11.3 Å². The van der Waals surface area contributed by atoms with Gasteiger partial charge in [-0.3, -0.25) is 10.6 Å². The third kappa shape index (κ3) is 2.97. The molecule has 0 unspecified atom stereocenters. The number of anilines is 1. The van der Waals surface area contributed by atoms with Gasteiger partial charge in [-0.1, -0.05) is 6.07 Å². The molecule has 3 N–H and O–H groups in total. The summed E-state index contributed by atoms with van der Waals surface area (Å²) in [5.41, 5.74) is 3.89. The lowest BCUT2D eigenvalue weighted by Gasteiger charge is -2.22. The Labute approximate surface area is 110 Å². The fourth-order valence-corrected chi connectivity index (χ4v) is 1.72. The van der Waals surface area contributed by atoms with Gasteiger partial charge in [-0.15, -0.1) is 12.4 Å². The maximum absolute atomic E-state index is 11.5. The Hall–Kier alpha value is -0.580. The highest BCUT2D eigenvalue weighted by Gasteiger charge is 2.26. The summed E-state index contributed by atoms with van der Waals surface area (Å²) in [5, 5.41) is 0. The number of halogens is 2. The van der Waals surface area contributed by atoms with Crippen molar-refractivity contribution in [3.8, 4) is 0 Å². The molecule has 0 aliphatic rings. The summed E-state index contributed by atoms with van der Waals surface area (Å²) in [4.78, 5) is 11.5. The molecule has 0 fully saturated rings. The fourth-order valence-electron chi connectivity index (χ4n) is 1.22. The van der Waals surface area contributed by atoms with Crippen molar-refractivity contribution in [3.63, 3.8) is 0 Å². The molecule has 0 aliphatic carbocycles. The van der Waals surface area contributed by atoms with E-state index in [2.05, 4.69) is 21.4 Å². The topological polar surface area (TPSA) is 55.1 Å². The molecule has 0 bridgehead atoms. The molecule has 5 heteroatoms. The number of hydrazine groups is 1. The second-order valence-electron chi connectivity index (χ2n) is 4.02. The van der Waals surface area contributed by atoms with E-state index in [1.54, 1.807) is 6.92 Å². The number of ketones is 1. The molecule has 0 aromatic heterocycles. The number of rotatable bonds is 3. The minimum absolute atomic E-state index is 0. The van der Waals surface area contributed by atoms with Crippen LogP contribution in [-0.2, 0) is 10.2 Å². The lowest BCUT2D eigenvalue weighted by Crippen LogP contribution is -2.26. The average Bonchev–Trinajstić information content (AvgIpc) is 2.17. The van der Waals surface area contributed by atoms with E-state index < -0.39 is 5.41 Å². The van der Waals surface area contributed by atoms with Crippen molar-refractivity contribution in [1.29, 1.82) is 0 Å². The molecule has 0 atom stereocenters. The zero-order valence-corrected chi connectivity index (χ0v) is 11.9. The average molecular weight is 308 g/mol. The molecule has 0 aliphatic heterocycles. The second-order valence-corrected chi connectivity index (χ2v) is 4.87. The quantitative estimate of drug-likeness (QED) is 0.666. The summed E-state index contributed by atoms with van der Waals surface area (Å²) in [6.07, 6.45) is 0. The van der Waals surface area contributed by atoms with E-state index in [1.807, 2.05) is 32.0 Å². The van der Waals surface area contributed by atoms with Crippen LogP contribution in [-0.4, -0.2) is 5.78 Å². The zero-order valence-electron chi connectivity index (χ0n) is 9.50. The van der Waals surface area contributed by atoms with Gasteiger partial charge in [0.15, 0.2) is 0 Å². The van der Waals surface area contributed by atoms with Crippen LogP contribution >= 0.6 is 28.3 Å². The molecule has 16 heavy (non-hydrogen) atoms. The van der Waals surface area contributed by atoms with E-state index in [1.165, 1.54) is 0 Å². The minimum Gasteiger partial charge on any atom is -0.323 e. The number of hydrogen-bond donors (Lipinski definition) is 2. The molecule has 0 radical (unpaired) electrons. The molecule has 1 rings (SSSR count). The molecule has 3 nitrogen and oxygen atoms in total. The van der Waals surface area contributed by atoms with Crippen molar-refractivity contribution >= 4 is 39.8 Å². The van der Waals surface area contributed by atoms with Crippen molar-refractivity contribution in [2.24, 2.45) is 5.84 Å². The molecule has 0 spiro atoms. The van der Waals surface area contributed by atoms with Crippen molar-refractivity contribution in [2.45, 2.75) is 26.2 Å². The van der Waals surface area contributed by atoms with Crippen LogP contribution in [0.5, 0.6) is 0 Å². The molecular formula is C11H16BrClN2O. The predicted octanol–water partition coefficient (Wildman–Crippen LogP) is 3.02. The maximum Gasteiger partial charge on any atom is 0.139 e. The first-order valence-corrected chi connectivity index (χ1v) is 5.46. The number of nitrogen functional groups attached to an aromatic ring is 1. The summed E-state index contributed by atoms with van der Waals surface area (Å²) in [6.45, 7) is 5.42. The van der Waals surface area contributed by atoms with Crippen LogP contribution in [0, 0.1) is 0 Å². The Bertz CT molecular complexity index is 394. The van der Waals surface area contributed by atoms with Crippen LogP contribution in [0.4, 0.5) is 5.69 Å². The number of nitrogens with two attached hydrogens (primary N) is 1. The third-order valence-electron chi connectivity index (χ3n) is 2.73. The van der Waals surface area contributed by atoms with Crippen LogP contribution in [0.25, 0.3) is 0 Å². The van der Waals surface area contributed by atoms with E-state index in [4.69, 9.17) is 5.84 Å². The van der Waals surface area contributed by atoms with E-state index in [-0.39, 0.29) is 18.2 Å². The van der Waals surface area contributed by atoms with Crippen LogP contribution in [0.3, 0.4) is 0 Å². The van der Waals surface area contributed by atoms with Gasteiger partial charge < -0.3 is 5.43 Å². The Morgan fingerprint density at radius 2 is 2.00 bits per heavy atom. The molecule has 0 saturated carbocycles. The highest BCUT2D eigenvalue weighted by atomic mass is 79.9. The zero-order chi connectivity index (χ0) is 11.6. The number of carbonyl (C=O) groups is 1. The van der Waals surface area contributed by atoms with Crippen LogP contribution in [0.15, 0.2) is 22.7 Å². The number of Topliss-reactive ketones (excluding diaryl/α,β-unsaturated/α-hetero) is 1. The van der Waals surface area contributed by atoms with Gasteiger partial charge in [-0.25, -0.2) is 0 Å². The van der Waals surface area contributed by atoms with Gasteiger partial charge in [0.05, 0.1) is 5.69 Å². The minimum atomic E-state index is -0.463. The van der Waals surface area contributed by atoms with Gasteiger partial charge in [0.25, 0.3) is 0 Å².